The van der Waals surface area contributed by atoms with Crippen molar-refractivity contribution in [2.24, 2.45) is 11.7 Å². The molecule has 3 N–H and O–H groups in total. The van der Waals surface area contributed by atoms with Gasteiger partial charge in [0.25, 0.3) is 5.91 Å². The first-order chi connectivity index (χ1) is 19.2. The molecule has 1 heterocycles. The number of carbonyl (C=O) groups is 3. The monoisotopic (exact) mass is 576 g/mol. The van der Waals surface area contributed by atoms with Crippen molar-refractivity contribution in [2.45, 2.75) is 71.1 Å². The SMILES string of the molecule is CCCN(C(=O)CN)C(CC(OCOC)c1nc(C(=O)NC(CCC(=O)OC)Cc2ccccc2)cs1)C(C)C. The number of ether oxygens (including phenoxy) is 3. The van der Waals surface area contributed by atoms with Crippen LogP contribution in [0.4, 0.5) is 0 Å². The minimum Gasteiger partial charge on any atom is -0.469 e. The number of esters is 1. The van der Waals surface area contributed by atoms with Crippen LogP contribution in [0.2, 0.25) is 0 Å². The molecule has 1 aromatic heterocycles. The Balaban J connectivity index is 2.23. The van der Waals surface area contributed by atoms with E-state index in [4.69, 9.17) is 19.9 Å². The molecule has 222 valence electrons. The van der Waals surface area contributed by atoms with Crippen LogP contribution in [0.1, 0.15) is 73.6 Å². The number of nitrogens with zero attached hydrogens (tertiary/aromatic N) is 2. The Bertz CT molecular complexity index is 1050. The van der Waals surface area contributed by atoms with Crippen LogP contribution in [0.3, 0.4) is 0 Å². The van der Waals surface area contributed by atoms with Crippen LogP contribution in [0.5, 0.6) is 0 Å². The summed E-state index contributed by atoms with van der Waals surface area (Å²) in [6.45, 7) is 6.72. The summed E-state index contributed by atoms with van der Waals surface area (Å²) >= 11 is 1.33. The molecule has 3 atom stereocenters. The van der Waals surface area contributed by atoms with Gasteiger partial charge in [0, 0.05) is 44.0 Å². The molecule has 1 aromatic carbocycles. The van der Waals surface area contributed by atoms with E-state index in [0.29, 0.717) is 30.8 Å². The number of aromatic nitrogens is 1. The van der Waals surface area contributed by atoms with E-state index in [1.165, 1.54) is 18.4 Å². The topological polar surface area (TPSA) is 133 Å². The molecule has 11 heteroatoms. The molecular formula is C29H44N4O6S. The van der Waals surface area contributed by atoms with Crippen molar-refractivity contribution >= 4 is 29.1 Å². The van der Waals surface area contributed by atoms with Gasteiger partial charge in [-0.25, -0.2) is 4.98 Å². The third-order valence-electron chi connectivity index (χ3n) is 6.59. The predicted molar refractivity (Wildman–Crippen MR) is 155 cm³/mol. The second-order valence-electron chi connectivity index (χ2n) is 9.95. The maximum absolute atomic E-state index is 13.2. The maximum atomic E-state index is 13.2. The van der Waals surface area contributed by atoms with E-state index < -0.39 is 6.10 Å². The number of hydrogen-bond donors (Lipinski definition) is 2. The summed E-state index contributed by atoms with van der Waals surface area (Å²) < 4.78 is 16.0. The number of benzene rings is 1. The van der Waals surface area contributed by atoms with Gasteiger partial charge in [0.05, 0.1) is 13.7 Å². The van der Waals surface area contributed by atoms with Gasteiger partial charge >= 0.3 is 5.97 Å². The molecule has 2 aromatic rings. The minimum absolute atomic E-state index is 0.0435. The molecule has 0 radical (unpaired) electrons. The Morgan fingerprint density at radius 3 is 2.48 bits per heavy atom. The zero-order valence-electron chi connectivity index (χ0n) is 24.3. The second kappa shape index (κ2) is 17.8. The highest BCUT2D eigenvalue weighted by atomic mass is 32.1. The lowest BCUT2D eigenvalue weighted by Crippen LogP contribution is -2.47. The fourth-order valence-electron chi connectivity index (χ4n) is 4.52. The average Bonchev–Trinajstić information content (AvgIpc) is 3.45. The molecule has 0 bridgehead atoms. The number of thiazole rings is 1. The van der Waals surface area contributed by atoms with E-state index in [-0.39, 0.29) is 61.2 Å². The molecule has 0 aliphatic rings. The molecule has 0 saturated heterocycles. The number of nitrogens with two attached hydrogens (primary N) is 1. The molecule has 3 unspecified atom stereocenters. The summed E-state index contributed by atoms with van der Waals surface area (Å²) in [5.74, 6) is -0.620. The smallest absolute Gasteiger partial charge is 0.305 e. The Hall–Kier alpha value is -2.86. The fraction of sp³-hybridized carbons (Fsp3) is 0.586. The lowest BCUT2D eigenvalue weighted by Gasteiger charge is -2.36. The van der Waals surface area contributed by atoms with Gasteiger partial charge in [-0.2, -0.15) is 0 Å². The van der Waals surface area contributed by atoms with E-state index in [1.807, 2.05) is 42.2 Å². The van der Waals surface area contributed by atoms with Crippen LogP contribution >= 0.6 is 11.3 Å². The van der Waals surface area contributed by atoms with Crippen LogP contribution in [-0.2, 0) is 30.2 Å². The number of amides is 2. The Kier molecular flexibility index (Phi) is 14.8. The van der Waals surface area contributed by atoms with Crippen molar-refractivity contribution in [3.05, 3.63) is 52.0 Å². The van der Waals surface area contributed by atoms with E-state index in [1.54, 1.807) is 12.5 Å². The van der Waals surface area contributed by atoms with Crippen molar-refractivity contribution in [2.75, 3.05) is 34.1 Å². The summed E-state index contributed by atoms with van der Waals surface area (Å²) in [5, 5.41) is 5.36. The minimum atomic E-state index is -0.483. The fourth-order valence-corrected chi connectivity index (χ4v) is 5.38. The largest absolute Gasteiger partial charge is 0.469 e. The summed E-state index contributed by atoms with van der Waals surface area (Å²) in [6, 6.07) is 9.36. The number of nitrogens with one attached hydrogen (secondary N) is 1. The maximum Gasteiger partial charge on any atom is 0.305 e. The lowest BCUT2D eigenvalue weighted by atomic mass is 9.95. The van der Waals surface area contributed by atoms with Gasteiger partial charge in [-0.15, -0.1) is 11.3 Å². The van der Waals surface area contributed by atoms with Crippen LogP contribution in [0.15, 0.2) is 35.7 Å². The molecule has 2 amide bonds. The average molecular weight is 577 g/mol. The first-order valence-corrected chi connectivity index (χ1v) is 14.6. The van der Waals surface area contributed by atoms with Crippen molar-refractivity contribution in [3.8, 4) is 0 Å². The predicted octanol–water partition coefficient (Wildman–Crippen LogP) is 3.71. The van der Waals surface area contributed by atoms with Crippen molar-refractivity contribution < 1.29 is 28.6 Å². The van der Waals surface area contributed by atoms with Gasteiger partial charge < -0.3 is 30.2 Å². The third-order valence-corrected chi connectivity index (χ3v) is 7.52. The molecule has 0 saturated carbocycles. The molecule has 2 rings (SSSR count). The van der Waals surface area contributed by atoms with Crippen LogP contribution in [-0.4, -0.2) is 73.9 Å². The highest BCUT2D eigenvalue weighted by Crippen LogP contribution is 2.30. The van der Waals surface area contributed by atoms with E-state index in [9.17, 15) is 14.4 Å². The number of hydrogen-bond acceptors (Lipinski definition) is 9. The highest BCUT2D eigenvalue weighted by Gasteiger charge is 2.31. The van der Waals surface area contributed by atoms with Crippen LogP contribution in [0.25, 0.3) is 0 Å². The zero-order chi connectivity index (χ0) is 29.5. The van der Waals surface area contributed by atoms with Crippen molar-refractivity contribution in [3.63, 3.8) is 0 Å². The normalized spacial score (nSPS) is 13.5. The standard InChI is InChI=1S/C29H44N4O6S/c1-6-14-33(26(34)17-30)24(20(2)3)16-25(39-19-37-4)29-32-23(18-40-29)28(36)31-22(12-13-27(35)38-5)15-21-10-8-7-9-11-21/h7-11,18,20,22,24-25H,6,12-17,19,30H2,1-5H3,(H,31,36). The second-order valence-corrected chi connectivity index (χ2v) is 10.8. The van der Waals surface area contributed by atoms with Gasteiger partial charge in [-0.3, -0.25) is 14.4 Å². The van der Waals surface area contributed by atoms with Crippen molar-refractivity contribution in [1.29, 1.82) is 0 Å². The summed E-state index contributed by atoms with van der Waals surface area (Å²) in [4.78, 5) is 44.1. The van der Waals surface area contributed by atoms with E-state index >= 15 is 0 Å². The first-order valence-electron chi connectivity index (χ1n) is 13.7. The van der Waals surface area contributed by atoms with Gasteiger partial charge in [0.15, 0.2) is 0 Å². The van der Waals surface area contributed by atoms with Gasteiger partial charge in [-0.1, -0.05) is 51.1 Å². The van der Waals surface area contributed by atoms with E-state index in [2.05, 4.69) is 24.1 Å². The molecule has 40 heavy (non-hydrogen) atoms. The van der Waals surface area contributed by atoms with Gasteiger partial charge in [0.2, 0.25) is 5.91 Å². The number of rotatable bonds is 18. The summed E-state index contributed by atoms with van der Waals surface area (Å²) in [7, 11) is 2.89. The summed E-state index contributed by atoms with van der Waals surface area (Å²) in [6.07, 6.45) is 2.00. The summed E-state index contributed by atoms with van der Waals surface area (Å²) in [5.41, 5.74) is 7.03. The van der Waals surface area contributed by atoms with Crippen LogP contribution in [0, 0.1) is 5.92 Å². The van der Waals surface area contributed by atoms with Gasteiger partial charge in [0.1, 0.15) is 23.6 Å². The molecule has 0 aliphatic heterocycles. The zero-order valence-corrected chi connectivity index (χ0v) is 25.1. The van der Waals surface area contributed by atoms with Crippen LogP contribution < -0.4 is 11.1 Å². The number of carbonyl (C=O) groups excluding carboxylic acids is 3. The third kappa shape index (κ3) is 10.6. The Morgan fingerprint density at radius 2 is 1.88 bits per heavy atom. The molecular weight excluding hydrogens is 532 g/mol. The highest BCUT2D eigenvalue weighted by molar-refractivity contribution is 7.09. The lowest BCUT2D eigenvalue weighted by molar-refractivity contribution is -0.141. The molecule has 0 fully saturated rings. The molecule has 0 spiro atoms. The Morgan fingerprint density at radius 1 is 1.15 bits per heavy atom. The quantitative estimate of drug-likeness (QED) is 0.203. The van der Waals surface area contributed by atoms with Gasteiger partial charge in [-0.05, 0) is 30.7 Å². The Labute approximate surface area is 241 Å². The number of methoxy groups -OCH3 is 2. The first kappa shape index (κ1) is 33.3. The van der Waals surface area contributed by atoms with E-state index in [0.717, 1.165) is 12.0 Å². The van der Waals surface area contributed by atoms with Crippen molar-refractivity contribution in [1.82, 2.24) is 15.2 Å². The molecule has 0 aliphatic carbocycles. The molecule has 10 nitrogen and oxygen atoms in total.